The molecule has 4 aliphatic rings. The number of fused-ring (bicyclic) bond motifs is 4. The van der Waals surface area contributed by atoms with Crippen LogP contribution >= 0.6 is 0 Å². The van der Waals surface area contributed by atoms with Crippen molar-refractivity contribution in [3.8, 4) is 12.3 Å². The van der Waals surface area contributed by atoms with Gasteiger partial charge in [-0.25, -0.2) is 4.79 Å². The fourth-order valence-electron chi connectivity index (χ4n) is 5.07. The lowest BCUT2D eigenvalue weighted by atomic mass is 9.82. The quantitative estimate of drug-likeness (QED) is 0.350. The van der Waals surface area contributed by atoms with Crippen LogP contribution in [-0.2, 0) is 19.1 Å². The van der Waals surface area contributed by atoms with Crippen LogP contribution in [0, 0.1) is 18.3 Å². The Balaban J connectivity index is 1.81. The summed E-state index contributed by atoms with van der Waals surface area (Å²) >= 11 is 0. The minimum absolute atomic E-state index is 0.0207. The van der Waals surface area contributed by atoms with Gasteiger partial charge in [-0.15, -0.1) is 6.42 Å². The molecule has 0 aromatic heterocycles. The van der Waals surface area contributed by atoms with Crippen molar-refractivity contribution in [1.29, 1.82) is 0 Å². The number of allylic oxidation sites excluding steroid dienone is 2. The van der Waals surface area contributed by atoms with Gasteiger partial charge in [-0.2, -0.15) is 0 Å². The van der Waals surface area contributed by atoms with Crippen molar-refractivity contribution in [3.63, 3.8) is 0 Å². The first-order chi connectivity index (χ1) is 13.3. The molecule has 3 heterocycles. The first-order valence-corrected chi connectivity index (χ1v) is 8.99. The fourth-order valence-corrected chi connectivity index (χ4v) is 5.07. The number of Topliss-reactive ketones (excluding diaryl/α,β-unsaturated/α-hetero) is 2. The topological polar surface area (TPSA) is 114 Å². The van der Waals surface area contributed by atoms with Gasteiger partial charge in [0.15, 0.2) is 5.72 Å². The van der Waals surface area contributed by atoms with E-state index < -0.39 is 17.7 Å². The zero-order valence-electron chi connectivity index (χ0n) is 15.9. The minimum Gasteiger partial charge on any atom is -0.449 e. The smallest absolute Gasteiger partial charge is 0.404 e. The summed E-state index contributed by atoms with van der Waals surface area (Å²) in [6.45, 7) is 2.12. The molecule has 0 bridgehead atoms. The summed E-state index contributed by atoms with van der Waals surface area (Å²) in [4.78, 5) is 41.8. The summed E-state index contributed by atoms with van der Waals surface area (Å²) in [6, 6.07) is 0.186. The van der Waals surface area contributed by atoms with E-state index in [-0.39, 0.29) is 48.1 Å². The van der Waals surface area contributed by atoms with Gasteiger partial charge in [0, 0.05) is 30.8 Å². The summed E-state index contributed by atoms with van der Waals surface area (Å²) in [5.74, 6) is 1.18. The van der Waals surface area contributed by atoms with E-state index in [0.29, 0.717) is 17.8 Å². The molecular weight excluding hydrogens is 364 g/mol. The van der Waals surface area contributed by atoms with Crippen LogP contribution < -0.4 is 11.1 Å². The van der Waals surface area contributed by atoms with Gasteiger partial charge in [-0.05, 0) is 14.0 Å². The third-order valence-electron chi connectivity index (χ3n) is 6.31. The molecule has 28 heavy (non-hydrogen) atoms. The molecule has 9 nitrogen and oxygen atoms in total. The molecule has 1 amide bonds. The number of ketones is 2. The highest BCUT2D eigenvalue weighted by atomic mass is 16.6. The number of nitrogens with two attached hydrogens (primary N) is 1. The number of carbonyl (C=O) groups excluding carboxylic acids is 3. The molecule has 0 radical (unpaired) electrons. The van der Waals surface area contributed by atoms with Crippen LogP contribution in [0.4, 0.5) is 4.79 Å². The third-order valence-corrected chi connectivity index (χ3v) is 6.31. The largest absolute Gasteiger partial charge is 0.449 e. The molecule has 1 aliphatic carbocycles. The number of nitrogens with one attached hydrogen (secondary N) is 1. The van der Waals surface area contributed by atoms with Crippen molar-refractivity contribution in [3.05, 3.63) is 22.5 Å². The average Bonchev–Trinajstić information content (AvgIpc) is 3.04. The Morgan fingerprint density at radius 2 is 2.14 bits per heavy atom. The molecule has 9 heteroatoms. The van der Waals surface area contributed by atoms with E-state index in [0.717, 1.165) is 0 Å². The number of hydrogen-bond acceptors (Lipinski definition) is 8. The Labute approximate surface area is 162 Å². The van der Waals surface area contributed by atoms with Crippen molar-refractivity contribution >= 4 is 17.7 Å². The second-order valence-corrected chi connectivity index (χ2v) is 7.41. The van der Waals surface area contributed by atoms with Gasteiger partial charge in [0.05, 0.1) is 29.9 Å². The molecule has 4 rings (SSSR count). The number of terminal acetylenes is 1. The van der Waals surface area contributed by atoms with E-state index in [1.807, 2.05) is 11.9 Å². The lowest BCUT2D eigenvalue weighted by Crippen LogP contribution is -2.55. The standard InChI is InChI=1S/C19H22N4O5/c1-5-6-21-13-9(2)15(24)14-12(16(13)25)10(8-28-18(20)26)19(27-4)17-11(22(17)3)7-23(14)19/h1,10-11,17,21H,6-8H2,2-4H3,(H2,20,26)/t10-,11+,17+,19-,22?/m0/s1. The number of nitrogens with zero attached hydrogens (tertiary/aromatic N) is 2. The Morgan fingerprint density at radius 3 is 2.75 bits per heavy atom. The maximum absolute atomic E-state index is 13.3. The summed E-state index contributed by atoms with van der Waals surface area (Å²) in [6.07, 6.45) is 4.35. The molecule has 2 fully saturated rings. The highest BCUT2D eigenvalue weighted by molar-refractivity contribution is 6.25. The van der Waals surface area contributed by atoms with Crippen molar-refractivity contribution in [2.24, 2.45) is 11.7 Å². The van der Waals surface area contributed by atoms with Gasteiger partial charge in [0.25, 0.3) is 0 Å². The summed E-state index contributed by atoms with van der Waals surface area (Å²) in [7, 11) is 3.51. The number of primary amides is 1. The van der Waals surface area contributed by atoms with Crippen LogP contribution in [-0.4, -0.2) is 79.1 Å². The number of ether oxygens (including phenoxy) is 2. The van der Waals surface area contributed by atoms with Gasteiger partial charge < -0.3 is 25.4 Å². The molecule has 1 unspecified atom stereocenters. The Kier molecular flexibility index (Phi) is 4.03. The number of likely N-dealkylation sites (N-methyl/N-ethyl adjacent to an activating group) is 1. The number of hydrogen-bond donors (Lipinski definition) is 2. The van der Waals surface area contributed by atoms with E-state index in [1.54, 1.807) is 14.0 Å². The lowest BCUT2D eigenvalue weighted by Gasteiger charge is -2.40. The fraction of sp³-hybridized carbons (Fsp3) is 0.526. The monoisotopic (exact) mass is 386 g/mol. The number of piperazine rings is 1. The van der Waals surface area contributed by atoms with E-state index in [1.165, 1.54) is 0 Å². The van der Waals surface area contributed by atoms with Gasteiger partial charge >= 0.3 is 6.09 Å². The summed E-state index contributed by atoms with van der Waals surface area (Å²) < 4.78 is 11.1. The molecule has 5 atom stereocenters. The molecule has 0 spiro atoms. The van der Waals surface area contributed by atoms with Crippen LogP contribution in [0.2, 0.25) is 0 Å². The van der Waals surface area contributed by atoms with E-state index in [2.05, 4.69) is 16.1 Å². The SMILES string of the molecule is C#CCNC1=C(C)C(=O)C2=C(C1=O)[C@H](COC(N)=O)[C@]1(OC)[C@H]3[C@@H](CN21)N3C. The van der Waals surface area contributed by atoms with Gasteiger partial charge in [-0.1, -0.05) is 5.92 Å². The minimum atomic E-state index is -0.966. The van der Waals surface area contributed by atoms with Gasteiger partial charge in [-0.3, -0.25) is 14.5 Å². The van der Waals surface area contributed by atoms with E-state index >= 15 is 0 Å². The molecular formula is C19H22N4O5. The van der Waals surface area contributed by atoms with Crippen LogP contribution in [0.15, 0.2) is 22.5 Å². The zero-order valence-corrected chi connectivity index (χ0v) is 15.9. The average molecular weight is 386 g/mol. The van der Waals surface area contributed by atoms with Crippen molar-refractivity contribution in [2.45, 2.75) is 24.7 Å². The maximum Gasteiger partial charge on any atom is 0.404 e. The normalized spacial score (nSPS) is 35.4. The highest BCUT2D eigenvalue weighted by Crippen LogP contribution is 2.59. The first kappa shape index (κ1) is 18.5. The number of methoxy groups -OCH3 is 1. The molecule has 2 saturated heterocycles. The van der Waals surface area contributed by atoms with E-state index in [9.17, 15) is 14.4 Å². The number of rotatable bonds is 5. The Morgan fingerprint density at radius 1 is 1.43 bits per heavy atom. The van der Waals surface area contributed by atoms with Crippen LogP contribution in [0.1, 0.15) is 6.92 Å². The molecule has 3 N–H and O–H groups in total. The van der Waals surface area contributed by atoms with Crippen molar-refractivity contribution < 1.29 is 23.9 Å². The second kappa shape index (κ2) is 6.09. The molecule has 0 aromatic carbocycles. The third kappa shape index (κ3) is 2.13. The lowest BCUT2D eigenvalue weighted by molar-refractivity contribution is -0.144. The molecule has 148 valence electrons. The van der Waals surface area contributed by atoms with Crippen LogP contribution in [0.25, 0.3) is 0 Å². The zero-order chi connectivity index (χ0) is 20.4. The predicted molar refractivity (Wildman–Crippen MR) is 97.4 cm³/mol. The Bertz CT molecular complexity index is 900. The van der Waals surface area contributed by atoms with Crippen molar-refractivity contribution in [2.75, 3.05) is 33.9 Å². The van der Waals surface area contributed by atoms with E-state index in [4.69, 9.17) is 21.6 Å². The summed E-state index contributed by atoms with van der Waals surface area (Å²) in [5.41, 5.74) is 5.32. The van der Waals surface area contributed by atoms with Crippen LogP contribution in [0.5, 0.6) is 0 Å². The Hall–Kier alpha value is -2.83. The van der Waals surface area contributed by atoms with Crippen LogP contribution in [0.3, 0.4) is 0 Å². The number of amides is 1. The van der Waals surface area contributed by atoms with Gasteiger partial charge in [0.2, 0.25) is 11.6 Å². The molecule has 0 saturated carbocycles. The second-order valence-electron chi connectivity index (χ2n) is 7.41. The van der Waals surface area contributed by atoms with Gasteiger partial charge in [0.1, 0.15) is 6.61 Å². The molecule has 0 aromatic rings. The highest BCUT2D eigenvalue weighted by Gasteiger charge is 2.75. The summed E-state index contributed by atoms with van der Waals surface area (Å²) in [5, 5.41) is 2.86. The molecule has 3 aliphatic heterocycles. The first-order valence-electron chi connectivity index (χ1n) is 8.99. The predicted octanol–water partition coefficient (Wildman–Crippen LogP) is -1.04. The van der Waals surface area contributed by atoms with Crippen molar-refractivity contribution in [1.82, 2.24) is 15.1 Å². The maximum atomic E-state index is 13.3. The number of carbonyl (C=O) groups is 3.